The van der Waals surface area contributed by atoms with Gasteiger partial charge in [0.1, 0.15) is 0 Å². The van der Waals surface area contributed by atoms with Gasteiger partial charge in [-0.25, -0.2) is 0 Å². The van der Waals surface area contributed by atoms with Gasteiger partial charge in [0, 0.05) is 41.2 Å². The van der Waals surface area contributed by atoms with Crippen LogP contribution in [0.4, 0.5) is 28.4 Å². The minimum Gasteiger partial charge on any atom is -0.397 e. The first kappa shape index (κ1) is 42.7. The molecular weight excluding hydrogens is 688 g/mol. The van der Waals surface area contributed by atoms with Crippen molar-refractivity contribution in [3.63, 3.8) is 0 Å². The minimum atomic E-state index is -1.42. The largest absolute Gasteiger partial charge is 0.397 e. The molecule has 0 radical (unpaired) electrons. The molecule has 0 aliphatic carbocycles. The van der Waals surface area contributed by atoms with Crippen LogP contribution in [0.3, 0.4) is 0 Å². The lowest BCUT2D eigenvalue weighted by atomic mass is 10.1. The summed E-state index contributed by atoms with van der Waals surface area (Å²) in [6.07, 6.45) is 1.53. The van der Waals surface area contributed by atoms with Crippen LogP contribution in [-0.2, 0) is 9.59 Å². The van der Waals surface area contributed by atoms with Gasteiger partial charge in [-0.3, -0.25) is 24.0 Å². The summed E-state index contributed by atoms with van der Waals surface area (Å²) < 4.78 is 0. The van der Waals surface area contributed by atoms with Gasteiger partial charge in [-0.1, -0.05) is 27.7 Å². The van der Waals surface area contributed by atoms with Crippen molar-refractivity contribution in [2.45, 2.75) is 53.5 Å². The van der Waals surface area contributed by atoms with E-state index in [1.807, 2.05) is 0 Å². The average Bonchev–Trinajstić information content (AvgIpc) is 3.16. The molecule has 0 bridgehead atoms. The summed E-state index contributed by atoms with van der Waals surface area (Å²) in [5.41, 5.74) is 13.8. The van der Waals surface area contributed by atoms with Crippen molar-refractivity contribution >= 4 is 57.8 Å². The SMILES string of the molecule is CCN(CC)CCCNC(=O)c1cc(NC(=O)c2ccc(N=NC(C(C)=O)C(=O)Nc3ccc(N)c(N)c3)cc2)cc(C(=O)NCCCN(CC)CC)c1. The van der Waals surface area contributed by atoms with E-state index >= 15 is 0 Å². The lowest BCUT2D eigenvalue weighted by Crippen LogP contribution is -2.31. The van der Waals surface area contributed by atoms with E-state index in [1.54, 1.807) is 6.07 Å². The van der Waals surface area contributed by atoms with Gasteiger partial charge in [0.15, 0.2) is 5.78 Å². The van der Waals surface area contributed by atoms with Crippen LogP contribution in [0.1, 0.15) is 78.5 Å². The number of benzene rings is 3. The lowest BCUT2D eigenvalue weighted by molar-refractivity contribution is -0.126. The fourth-order valence-corrected chi connectivity index (χ4v) is 5.44. The highest BCUT2D eigenvalue weighted by molar-refractivity contribution is 6.10. The summed E-state index contributed by atoms with van der Waals surface area (Å²) in [5.74, 6) is -2.43. The van der Waals surface area contributed by atoms with Crippen molar-refractivity contribution in [3.8, 4) is 0 Å². The number of ketones is 1. The molecule has 1 unspecified atom stereocenters. The Labute approximate surface area is 317 Å². The van der Waals surface area contributed by atoms with Crippen LogP contribution >= 0.6 is 0 Å². The normalized spacial score (nSPS) is 11.8. The van der Waals surface area contributed by atoms with Gasteiger partial charge in [-0.15, -0.1) is 0 Å². The van der Waals surface area contributed by atoms with Crippen molar-refractivity contribution < 1.29 is 24.0 Å². The van der Waals surface area contributed by atoms with Gasteiger partial charge in [0.05, 0.1) is 17.1 Å². The Balaban J connectivity index is 1.73. The fourth-order valence-electron chi connectivity index (χ4n) is 5.44. The molecule has 0 fully saturated rings. The Bertz CT molecular complexity index is 1720. The van der Waals surface area contributed by atoms with Crippen LogP contribution in [0.5, 0.6) is 0 Å². The summed E-state index contributed by atoms with van der Waals surface area (Å²) in [6.45, 7) is 15.9. The third-order valence-corrected chi connectivity index (χ3v) is 8.78. The van der Waals surface area contributed by atoms with E-state index in [9.17, 15) is 24.0 Å². The number of anilines is 4. The van der Waals surface area contributed by atoms with E-state index in [0.717, 1.165) is 52.1 Å². The molecule has 15 nitrogen and oxygen atoms in total. The van der Waals surface area contributed by atoms with E-state index < -0.39 is 23.6 Å². The molecule has 8 N–H and O–H groups in total. The maximum atomic E-state index is 13.3. The quantitative estimate of drug-likeness (QED) is 0.0385. The molecule has 3 rings (SSSR count). The monoisotopic (exact) mass is 742 g/mol. The van der Waals surface area contributed by atoms with Crippen molar-refractivity contribution in [2.24, 2.45) is 10.2 Å². The highest BCUT2D eigenvalue weighted by Gasteiger charge is 2.23. The number of rotatable bonds is 21. The molecule has 290 valence electrons. The lowest BCUT2D eigenvalue weighted by Gasteiger charge is -2.18. The molecule has 0 saturated carbocycles. The molecule has 1 atom stereocenters. The topological polar surface area (TPSA) is 217 Å². The first-order chi connectivity index (χ1) is 25.9. The molecule has 54 heavy (non-hydrogen) atoms. The Kier molecular flexibility index (Phi) is 17.2. The zero-order chi connectivity index (χ0) is 39.6. The smallest absolute Gasteiger partial charge is 0.258 e. The van der Waals surface area contributed by atoms with Crippen LogP contribution in [0, 0.1) is 0 Å². The number of nitrogens with two attached hydrogens (primary N) is 2. The number of hydrogen-bond acceptors (Lipinski definition) is 11. The van der Waals surface area contributed by atoms with Gasteiger partial charge in [0.25, 0.3) is 23.6 Å². The van der Waals surface area contributed by atoms with E-state index in [4.69, 9.17) is 11.5 Å². The Morgan fingerprint density at radius 2 is 1.17 bits per heavy atom. The second-order valence-electron chi connectivity index (χ2n) is 12.6. The maximum Gasteiger partial charge on any atom is 0.258 e. The Morgan fingerprint density at radius 3 is 1.65 bits per heavy atom. The second-order valence-corrected chi connectivity index (χ2v) is 12.6. The van der Waals surface area contributed by atoms with Crippen LogP contribution in [0.25, 0.3) is 0 Å². The standard InChI is InChI=1S/C39H54N10O5/c1-6-48(7-2)20-10-18-42-36(51)28-22-29(37(52)43-19-11-21-49(8-3)9-4)24-32(23-28)45-38(53)27-12-14-30(15-13-27)46-47-35(26(5)50)39(54)44-31-16-17-33(40)34(41)25-31/h12-17,22-25,35H,6-11,18-21,40-41H2,1-5H3,(H,42,51)(H,43,52)(H,44,54)(H,45,53). The van der Waals surface area contributed by atoms with Crippen LogP contribution in [0.15, 0.2) is 70.9 Å². The van der Waals surface area contributed by atoms with Crippen LogP contribution < -0.4 is 32.7 Å². The molecular formula is C39H54N10O5. The molecule has 0 aliphatic heterocycles. The third-order valence-electron chi connectivity index (χ3n) is 8.78. The highest BCUT2D eigenvalue weighted by atomic mass is 16.2. The molecule has 0 heterocycles. The average molecular weight is 743 g/mol. The maximum absolute atomic E-state index is 13.3. The van der Waals surface area contributed by atoms with Gasteiger partial charge in [-0.05, 0) is 120 Å². The molecule has 0 aromatic heterocycles. The van der Waals surface area contributed by atoms with Crippen molar-refractivity contribution in [2.75, 3.05) is 74.5 Å². The third kappa shape index (κ3) is 13.4. The first-order valence-corrected chi connectivity index (χ1v) is 18.3. The summed E-state index contributed by atoms with van der Waals surface area (Å²) in [6, 6.07) is 13.7. The number of amides is 4. The minimum absolute atomic E-state index is 0.239. The van der Waals surface area contributed by atoms with E-state index in [1.165, 1.54) is 61.5 Å². The number of nitrogens with one attached hydrogen (secondary N) is 4. The van der Waals surface area contributed by atoms with Gasteiger partial charge >= 0.3 is 0 Å². The van der Waals surface area contributed by atoms with Gasteiger partial charge in [-0.2, -0.15) is 10.2 Å². The number of azo groups is 1. The highest BCUT2D eigenvalue weighted by Crippen LogP contribution is 2.21. The zero-order valence-corrected chi connectivity index (χ0v) is 31.9. The second kappa shape index (κ2) is 21.8. The summed E-state index contributed by atoms with van der Waals surface area (Å²) in [4.78, 5) is 69.3. The Morgan fingerprint density at radius 1 is 0.630 bits per heavy atom. The number of Topliss-reactive ketones (excluding diaryl/α,β-unsaturated/α-hetero) is 1. The van der Waals surface area contributed by atoms with Crippen LogP contribution in [-0.4, -0.2) is 97.6 Å². The van der Waals surface area contributed by atoms with Gasteiger partial charge in [0.2, 0.25) is 6.04 Å². The van der Waals surface area contributed by atoms with Crippen molar-refractivity contribution in [3.05, 3.63) is 77.4 Å². The zero-order valence-electron chi connectivity index (χ0n) is 31.9. The number of carbonyl (C=O) groups excluding carboxylic acids is 5. The van der Waals surface area contributed by atoms with E-state index in [0.29, 0.717) is 30.2 Å². The number of nitrogen functional groups attached to an aromatic ring is 2. The van der Waals surface area contributed by atoms with Crippen LogP contribution in [0.2, 0.25) is 0 Å². The molecule has 0 aliphatic rings. The molecule has 0 saturated heterocycles. The molecule has 4 amide bonds. The first-order valence-electron chi connectivity index (χ1n) is 18.3. The summed E-state index contributed by atoms with van der Waals surface area (Å²) in [5, 5.41) is 19.2. The van der Waals surface area contributed by atoms with E-state index in [2.05, 4.69) is 69.0 Å². The Hall–Kier alpha value is -5.67. The summed E-state index contributed by atoms with van der Waals surface area (Å²) >= 11 is 0. The molecule has 0 spiro atoms. The predicted octanol–water partition coefficient (Wildman–Crippen LogP) is 4.71. The molecule has 15 heteroatoms. The molecule has 3 aromatic carbocycles. The number of nitrogens with zero attached hydrogens (tertiary/aromatic N) is 4. The number of hydrogen-bond donors (Lipinski definition) is 6. The number of carbonyl (C=O) groups is 5. The van der Waals surface area contributed by atoms with Gasteiger partial charge < -0.3 is 42.5 Å². The predicted molar refractivity (Wildman–Crippen MR) is 213 cm³/mol. The summed E-state index contributed by atoms with van der Waals surface area (Å²) in [7, 11) is 0. The fraction of sp³-hybridized carbons (Fsp3) is 0.410. The van der Waals surface area contributed by atoms with Crippen molar-refractivity contribution in [1.29, 1.82) is 0 Å². The van der Waals surface area contributed by atoms with Crippen molar-refractivity contribution in [1.82, 2.24) is 20.4 Å². The van der Waals surface area contributed by atoms with E-state index in [-0.39, 0.29) is 39.9 Å². The molecule has 3 aromatic rings.